The molecule has 5 nitrogen and oxygen atoms in total. The monoisotopic (exact) mass is 242 g/mol. The van der Waals surface area contributed by atoms with Gasteiger partial charge in [0, 0.05) is 20.2 Å². The van der Waals surface area contributed by atoms with Crippen LogP contribution in [-0.4, -0.2) is 63.4 Å². The summed E-state index contributed by atoms with van der Waals surface area (Å²) in [5.41, 5.74) is -0.510. The standard InChI is InChI=1S/C12H22N2O3/c1-16-8-5-13-12(11(15)17-2)9-14-6-3-10(12)4-7-14/h10,13H,3-9H2,1-2H3. The van der Waals surface area contributed by atoms with E-state index in [1.807, 2.05) is 0 Å². The second-order valence-corrected chi connectivity index (χ2v) is 4.93. The van der Waals surface area contributed by atoms with Crippen molar-refractivity contribution in [3.05, 3.63) is 0 Å². The van der Waals surface area contributed by atoms with E-state index in [0.717, 1.165) is 32.5 Å². The number of hydrogen-bond donors (Lipinski definition) is 1. The van der Waals surface area contributed by atoms with Gasteiger partial charge >= 0.3 is 5.97 Å². The second kappa shape index (κ2) is 5.33. The molecule has 0 aromatic rings. The first-order valence-electron chi connectivity index (χ1n) is 6.27. The van der Waals surface area contributed by atoms with Gasteiger partial charge in [0.25, 0.3) is 0 Å². The van der Waals surface area contributed by atoms with Crippen LogP contribution < -0.4 is 5.32 Å². The number of nitrogens with zero attached hydrogens (tertiary/aromatic N) is 1. The summed E-state index contributed by atoms with van der Waals surface area (Å²) < 4.78 is 10.1. The Morgan fingerprint density at radius 1 is 1.41 bits per heavy atom. The van der Waals surface area contributed by atoms with Crippen LogP contribution in [0.15, 0.2) is 0 Å². The maximum Gasteiger partial charge on any atom is 0.327 e. The molecule has 3 aliphatic heterocycles. The predicted molar refractivity (Wildman–Crippen MR) is 63.8 cm³/mol. The van der Waals surface area contributed by atoms with E-state index < -0.39 is 5.54 Å². The first-order valence-corrected chi connectivity index (χ1v) is 6.27. The van der Waals surface area contributed by atoms with Crippen LogP contribution in [0.25, 0.3) is 0 Å². The Balaban J connectivity index is 2.09. The first kappa shape index (κ1) is 12.8. The number of methoxy groups -OCH3 is 2. The summed E-state index contributed by atoms with van der Waals surface area (Å²) in [6.07, 6.45) is 2.16. The van der Waals surface area contributed by atoms with Gasteiger partial charge in [0.15, 0.2) is 0 Å². The van der Waals surface area contributed by atoms with Crippen LogP contribution in [0.3, 0.4) is 0 Å². The number of ether oxygens (including phenoxy) is 2. The Morgan fingerprint density at radius 2 is 2.12 bits per heavy atom. The number of piperidine rings is 3. The average molecular weight is 242 g/mol. The van der Waals surface area contributed by atoms with E-state index in [-0.39, 0.29) is 5.97 Å². The Hall–Kier alpha value is -0.650. The van der Waals surface area contributed by atoms with E-state index in [9.17, 15) is 4.79 Å². The van der Waals surface area contributed by atoms with Crippen molar-refractivity contribution < 1.29 is 14.3 Å². The first-order chi connectivity index (χ1) is 8.23. The van der Waals surface area contributed by atoms with Gasteiger partial charge < -0.3 is 14.4 Å². The fraction of sp³-hybridized carbons (Fsp3) is 0.917. The van der Waals surface area contributed by atoms with Gasteiger partial charge in [-0.2, -0.15) is 0 Å². The van der Waals surface area contributed by atoms with Gasteiger partial charge in [0.05, 0.1) is 13.7 Å². The fourth-order valence-electron chi connectivity index (χ4n) is 3.13. The molecule has 1 atom stereocenters. The van der Waals surface area contributed by atoms with E-state index in [1.165, 1.54) is 7.11 Å². The predicted octanol–water partition coefficient (Wildman–Crippen LogP) is -0.140. The summed E-state index contributed by atoms with van der Waals surface area (Å²) >= 11 is 0. The van der Waals surface area contributed by atoms with Crippen LogP contribution in [-0.2, 0) is 14.3 Å². The van der Waals surface area contributed by atoms with E-state index in [0.29, 0.717) is 19.1 Å². The number of fused-ring (bicyclic) bond motifs is 3. The Kier molecular flexibility index (Phi) is 4.01. The highest BCUT2D eigenvalue weighted by atomic mass is 16.5. The second-order valence-electron chi connectivity index (χ2n) is 4.93. The molecule has 0 saturated carbocycles. The largest absolute Gasteiger partial charge is 0.468 e. The highest BCUT2D eigenvalue weighted by Crippen LogP contribution is 2.36. The Morgan fingerprint density at radius 3 is 2.59 bits per heavy atom. The van der Waals surface area contributed by atoms with Gasteiger partial charge in [-0.3, -0.25) is 5.32 Å². The SMILES string of the molecule is COCCNC1(C(=O)OC)CN2CCC1CC2. The molecule has 0 spiro atoms. The molecular weight excluding hydrogens is 220 g/mol. The molecule has 3 heterocycles. The van der Waals surface area contributed by atoms with Gasteiger partial charge in [0.1, 0.15) is 5.54 Å². The number of hydrogen-bond acceptors (Lipinski definition) is 5. The minimum atomic E-state index is -0.510. The van der Waals surface area contributed by atoms with E-state index in [2.05, 4.69) is 10.2 Å². The Labute approximate surface area is 102 Å². The van der Waals surface area contributed by atoms with Crippen LogP contribution in [0, 0.1) is 5.92 Å². The zero-order chi connectivity index (χ0) is 12.3. The van der Waals surface area contributed by atoms with Crippen molar-refractivity contribution in [1.29, 1.82) is 0 Å². The van der Waals surface area contributed by atoms with Crippen LogP contribution in [0.5, 0.6) is 0 Å². The summed E-state index contributed by atoms with van der Waals surface area (Å²) in [5, 5.41) is 3.38. The molecule has 3 rings (SSSR count). The maximum absolute atomic E-state index is 12.1. The zero-order valence-electron chi connectivity index (χ0n) is 10.7. The van der Waals surface area contributed by atoms with Gasteiger partial charge in [-0.15, -0.1) is 0 Å². The van der Waals surface area contributed by atoms with Crippen molar-refractivity contribution in [3.8, 4) is 0 Å². The van der Waals surface area contributed by atoms with Crippen molar-refractivity contribution in [3.63, 3.8) is 0 Å². The zero-order valence-corrected chi connectivity index (χ0v) is 10.7. The van der Waals surface area contributed by atoms with Crippen molar-refractivity contribution in [2.45, 2.75) is 18.4 Å². The number of nitrogens with one attached hydrogen (secondary N) is 1. The van der Waals surface area contributed by atoms with Gasteiger partial charge in [-0.05, 0) is 31.8 Å². The molecule has 3 aliphatic rings. The van der Waals surface area contributed by atoms with Crippen LogP contribution in [0.4, 0.5) is 0 Å². The molecule has 2 bridgehead atoms. The molecule has 0 radical (unpaired) electrons. The van der Waals surface area contributed by atoms with Crippen LogP contribution in [0.2, 0.25) is 0 Å². The highest BCUT2D eigenvalue weighted by Gasteiger charge is 2.52. The molecule has 1 unspecified atom stereocenters. The molecule has 0 amide bonds. The smallest absolute Gasteiger partial charge is 0.327 e. The summed E-state index contributed by atoms with van der Waals surface area (Å²) in [4.78, 5) is 14.5. The number of carbonyl (C=O) groups is 1. The molecule has 3 fully saturated rings. The van der Waals surface area contributed by atoms with Crippen LogP contribution in [0.1, 0.15) is 12.8 Å². The quantitative estimate of drug-likeness (QED) is 0.537. The minimum absolute atomic E-state index is 0.122. The molecule has 3 saturated heterocycles. The van der Waals surface area contributed by atoms with E-state index in [4.69, 9.17) is 9.47 Å². The molecule has 17 heavy (non-hydrogen) atoms. The highest BCUT2D eigenvalue weighted by molar-refractivity contribution is 5.82. The van der Waals surface area contributed by atoms with Crippen molar-refractivity contribution in [2.75, 3.05) is 47.0 Å². The number of carbonyl (C=O) groups excluding carboxylic acids is 1. The topological polar surface area (TPSA) is 50.8 Å². The van der Waals surface area contributed by atoms with E-state index in [1.54, 1.807) is 7.11 Å². The lowest BCUT2D eigenvalue weighted by molar-refractivity contribution is -0.158. The van der Waals surface area contributed by atoms with Crippen molar-refractivity contribution in [1.82, 2.24) is 10.2 Å². The molecule has 0 aromatic heterocycles. The van der Waals surface area contributed by atoms with Gasteiger partial charge in [-0.25, -0.2) is 4.79 Å². The average Bonchev–Trinajstić information content (AvgIpc) is 2.39. The maximum atomic E-state index is 12.1. The van der Waals surface area contributed by atoms with Crippen molar-refractivity contribution >= 4 is 5.97 Å². The number of esters is 1. The summed E-state index contributed by atoms with van der Waals surface area (Å²) in [6.45, 7) is 4.29. The molecule has 5 heteroatoms. The third-order valence-electron chi connectivity index (χ3n) is 4.05. The summed E-state index contributed by atoms with van der Waals surface area (Å²) in [6, 6.07) is 0. The van der Waals surface area contributed by atoms with Crippen LogP contribution >= 0.6 is 0 Å². The summed E-state index contributed by atoms with van der Waals surface area (Å²) in [7, 11) is 3.14. The van der Waals surface area contributed by atoms with Crippen molar-refractivity contribution in [2.24, 2.45) is 5.92 Å². The third-order valence-corrected chi connectivity index (χ3v) is 4.05. The normalized spacial score (nSPS) is 35.9. The third kappa shape index (κ3) is 2.32. The van der Waals surface area contributed by atoms with Gasteiger partial charge in [-0.1, -0.05) is 0 Å². The molecule has 0 aromatic carbocycles. The number of rotatable bonds is 5. The molecular formula is C12H22N2O3. The summed E-state index contributed by atoms with van der Waals surface area (Å²) in [5.74, 6) is 0.278. The fourth-order valence-corrected chi connectivity index (χ4v) is 3.13. The molecule has 0 aliphatic carbocycles. The minimum Gasteiger partial charge on any atom is -0.468 e. The lowest BCUT2D eigenvalue weighted by Gasteiger charge is -2.51. The van der Waals surface area contributed by atoms with E-state index >= 15 is 0 Å². The Bertz CT molecular complexity index is 277. The lowest BCUT2D eigenvalue weighted by atomic mass is 9.72. The molecule has 98 valence electrons. The van der Waals surface area contributed by atoms with Gasteiger partial charge in [0.2, 0.25) is 0 Å². The lowest BCUT2D eigenvalue weighted by Crippen LogP contribution is -2.70. The molecule has 1 N–H and O–H groups in total.